The molecule has 0 amide bonds. The van der Waals surface area contributed by atoms with Gasteiger partial charge in [0, 0.05) is 5.54 Å². The molecule has 0 aromatic heterocycles. The molecule has 60 valence electrons. The van der Waals surface area contributed by atoms with Crippen LogP contribution in [-0.2, 0) is 9.53 Å². The molecule has 0 aromatic carbocycles. The molecular weight excluding hydrogens is 191 g/mol. The van der Waals surface area contributed by atoms with Crippen LogP contribution >= 0.6 is 23.2 Å². The van der Waals surface area contributed by atoms with Crippen molar-refractivity contribution >= 4 is 38.7 Å². The molecule has 10 heavy (non-hydrogen) atoms. The van der Waals surface area contributed by atoms with Gasteiger partial charge in [-0.1, -0.05) is 6.92 Å². The molecule has 1 atom stereocenters. The van der Waals surface area contributed by atoms with Gasteiger partial charge in [0.1, 0.15) is 0 Å². The Morgan fingerprint density at radius 1 is 1.60 bits per heavy atom. The first-order valence-electron chi connectivity index (χ1n) is 2.94. The lowest BCUT2D eigenvalue weighted by molar-refractivity contribution is -0.140. The normalized spacial score (nSPS) is 14.5. The van der Waals surface area contributed by atoms with E-state index in [1.54, 1.807) is 6.92 Å². The van der Waals surface area contributed by atoms with Gasteiger partial charge >= 0.3 is 5.97 Å². The van der Waals surface area contributed by atoms with Gasteiger partial charge in [-0.3, -0.25) is 4.79 Å². The van der Waals surface area contributed by atoms with Gasteiger partial charge in [-0.25, -0.2) is 0 Å². The lowest BCUT2D eigenvalue weighted by Crippen LogP contribution is -2.18. The van der Waals surface area contributed by atoms with Crippen molar-refractivity contribution in [2.75, 3.05) is 7.11 Å². The smallest absolute Gasteiger partial charge is 0.305 e. The van der Waals surface area contributed by atoms with Crippen molar-refractivity contribution in [3.05, 3.63) is 0 Å². The number of hydrogen-bond acceptors (Lipinski definition) is 2. The predicted molar refractivity (Wildman–Crippen MR) is 45.5 cm³/mol. The molecule has 0 aromatic rings. The van der Waals surface area contributed by atoms with Crippen LogP contribution < -0.4 is 0 Å². The van der Waals surface area contributed by atoms with Gasteiger partial charge < -0.3 is 4.74 Å². The van der Waals surface area contributed by atoms with Crippen molar-refractivity contribution in [2.45, 2.75) is 16.9 Å². The number of carbonyl (C=O) groups is 1. The number of hydrogen-bond donors (Lipinski definition) is 0. The Labute approximate surface area is 72.7 Å². The fourth-order valence-electron chi connectivity index (χ4n) is 0.565. The van der Waals surface area contributed by atoms with Gasteiger partial charge in [0.2, 0.25) is 0 Å². The Balaban J connectivity index is 3.61. The number of alkyl halides is 2. The Hall–Kier alpha value is 0.267. The molecule has 0 aliphatic carbocycles. The van der Waals surface area contributed by atoms with Crippen LogP contribution in [0.3, 0.4) is 0 Å². The summed E-state index contributed by atoms with van der Waals surface area (Å²) >= 11 is 11.0. The first kappa shape index (κ1) is 10.3. The Kier molecular flexibility index (Phi) is 5.12. The van der Waals surface area contributed by atoms with E-state index < -0.39 is 9.52 Å². The molecule has 0 bridgehead atoms. The average molecular weight is 201 g/mol. The Bertz CT molecular complexity index is 118. The molecule has 5 heteroatoms. The van der Waals surface area contributed by atoms with Gasteiger partial charge in [-0.2, -0.15) is 0 Å². The summed E-state index contributed by atoms with van der Waals surface area (Å²) in [5, 5.41) is 0. The number of ether oxygens (including phenoxy) is 1. The maximum Gasteiger partial charge on any atom is 0.305 e. The third kappa shape index (κ3) is 4.14. The SMILES string of the molecule is COC(=O)C(C)[SiH2]C(Cl)Cl. The van der Waals surface area contributed by atoms with E-state index >= 15 is 0 Å². The Morgan fingerprint density at radius 2 is 2.10 bits per heavy atom. The van der Waals surface area contributed by atoms with Crippen LogP contribution in [0.4, 0.5) is 0 Å². The topological polar surface area (TPSA) is 26.3 Å². The molecule has 0 aliphatic heterocycles. The zero-order valence-electron chi connectivity index (χ0n) is 5.93. The summed E-state index contributed by atoms with van der Waals surface area (Å²) in [5.41, 5.74) is -0.0787. The second-order valence-corrected chi connectivity index (χ2v) is 6.88. The molecule has 0 fully saturated rings. The summed E-state index contributed by atoms with van der Waals surface area (Å²) in [7, 11) is 0.634. The zero-order valence-corrected chi connectivity index (χ0v) is 8.86. The maximum atomic E-state index is 10.7. The number of rotatable bonds is 3. The molecule has 0 aliphatic rings. The summed E-state index contributed by atoms with van der Waals surface area (Å²) < 4.78 is 4.14. The second kappa shape index (κ2) is 4.99. The van der Waals surface area contributed by atoms with Crippen molar-refractivity contribution in [1.82, 2.24) is 0 Å². The second-order valence-electron chi connectivity index (χ2n) is 2.05. The van der Waals surface area contributed by atoms with E-state index in [2.05, 4.69) is 4.74 Å². The maximum absolute atomic E-state index is 10.7. The number of esters is 1. The first-order chi connectivity index (χ1) is 4.57. The highest BCUT2D eigenvalue weighted by Crippen LogP contribution is 2.10. The van der Waals surface area contributed by atoms with Crippen LogP contribution in [0.15, 0.2) is 0 Å². The van der Waals surface area contributed by atoms with E-state index in [-0.39, 0.29) is 16.0 Å². The van der Waals surface area contributed by atoms with Crippen LogP contribution in [-0.4, -0.2) is 27.1 Å². The van der Waals surface area contributed by atoms with E-state index in [0.717, 1.165) is 0 Å². The first-order valence-corrected chi connectivity index (χ1v) is 5.44. The molecule has 0 saturated carbocycles. The van der Waals surface area contributed by atoms with E-state index in [4.69, 9.17) is 23.2 Å². The standard InChI is InChI=1S/C5H10Cl2O2Si/c1-3(4(8)9-2)10-5(6)7/h3,5H,10H2,1-2H3. The molecular formula is C5H10Cl2O2Si. The largest absolute Gasteiger partial charge is 0.469 e. The van der Waals surface area contributed by atoms with E-state index in [1.807, 2.05) is 0 Å². The van der Waals surface area contributed by atoms with Crippen molar-refractivity contribution in [3.8, 4) is 0 Å². The van der Waals surface area contributed by atoms with E-state index in [9.17, 15) is 4.79 Å². The highest BCUT2D eigenvalue weighted by Gasteiger charge is 2.16. The number of carbonyl (C=O) groups excluding carboxylic acids is 1. The van der Waals surface area contributed by atoms with Crippen molar-refractivity contribution in [1.29, 1.82) is 0 Å². The zero-order chi connectivity index (χ0) is 8.15. The van der Waals surface area contributed by atoms with Crippen LogP contribution in [0.5, 0.6) is 0 Å². The van der Waals surface area contributed by atoms with Crippen LogP contribution in [0.25, 0.3) is 0 Å². The fraction of sp³-hybridized carbons (Fsp3) is 0.800. The monoisotopic (exact) mass is 200 g/mol. The molecule has 1 unspecified atom stereocenters. The lowest BCUT2D eigenvalue weighted by Gasteiger charge is -2.07. The summed E-state index contributed by atoms with van der Waals surface area (Å²) in [4.78, 5) is 10.7. The predicted octanol–water partition coefficient (Wildman–Crippen LogP) is 0.898. The van der Waals surface area contributed by atoms with Gasteiger partial charge in [-0.05, 0) is 0 Å². The molecule has 0 rings (SSSR count). The van der Waals surface area contributed by atoms with Gasteiger partial charge in [0.05, 0.1) is 21.1 Å². The van der Waals surface area contributed by atoms with Crippen LogP contribution in [0.1, 0.15) is 6.92 Å². The number of methoxy groups -OCH3 is 1. The van der Waals surface area contributed by atoms with Crippen LogP contribution in [0.2, 0.25) is 5.54 Å². The van der Waals surface area contributed by atoms with Crippen molar-refractivity contribution in [3.63, 3.8) is 0 Å². The summed E-state index contributed by atoms with van der Waals surface area (Å²) in [6, 6.07) is 0. The van der Waals surface area contributed by atoms with Crippen molar-refractivity contribution < 1.29 is 9.53 Å². The van der Waals surface area contributed by atoms with Gasteiger partial charge in [0.15, 0.2) is 0 Å². The third-order valence-corrected chi connectivity index (χ3v) is 3.60. The number of halogens is 2. The highest BCUT2D eigenvalue weighted by molar-refractivity contribution is 6.70. The molecule has 0 saturated heterocycles. The summed E-state index contributed by atoms with van der Waals surface area (Å²) in [5.74, 6) is -0.210. The molecule has 0 N–H and O–H groups in total. The quantitative estimate of drug-likeness (QED) is 0.385. The van der Waals surface area contributed by atoms with Gasteiger partial charge in [-0.15, -0.1) is 23.2 Å². The fourth-order valence-corrected chi connectivity index (χ4v) is 3.06. The minimum atomic E-state index is -0.732. The van der Waals surface area contributed by atoms with Crippen LogP contribution in [0, 0.1) is 0 Å². The minimum absolute atomic E-state index is 0.0787. The van der Waals surface area contributed by atoms with Gasteiger partial charge in [0.25, 0.3) is 0 Å². The average Bonchev–Trinajstić information content (AvgIpc) is 1.85. The van der Waals surface area contributed by atoms with Crippen molar-refractivity contribution in [2.24, 2.45) is 0 Å². The van der Waals surface area contributed by atoms with E-state index in [0.29, 0.717) is 0 Å². The summed E-state index contributed by atoms with van der Waals surface area (Å²) in [6.07, 6.45) is 0. The van der Waals surface area contributed by atoms with E-state index in [1.165, 1.54) is 7.11 Å². The third-order valence-electron chi connectivity index (χ3n) is 1.14. The molecule has 0 heterocycles. The summed E-state index contributed by atoms with van der Waals surface area (Å²) in [6.45, 7) is 1.79. The lowest BCUT2D eigenvalue weighted by atomic mass is 10.5. The molecule has 0 spiro atoms. The Morgan fingerprint density at radius 3 is 2.40 bits per heavy atom. The molecule has 2 nitrogen and oxygen atoms in total. The molecule has 0 radical (unpaired) electrons. The minimum Gasteiger partial charge on any atom is -0.469 e. The highest BCUT2D eigenvalue weighted by atomic mass is 35.5.